The van der Waals surface area contributed by atoms with Crippen molar-refractivity contribution in [2.75, 3.05) is 6.61 Å². The summed E-state index contributed by atoms with van der Waals surface area (Å²) in [4.78, 5) is 24.5. The van der Waals surface area contributed by atoms with Crippen LogP contribution in [0.3, 0.4) is 0 Å². The van der Waals surface area contributed by atoms with Crippen LogP contribution in [0.1, 0.15) is 40.5 Å². The molecule has 0 aliphatic carbocycles. The molecule has 24 heavy (non-hydrogen) atoms. The van der Waals surface area contributed by atoms with E-state index in [0.29, 0.717) is 5.92 Å². The van der Waals surface area contributed by atoms with Gasteiger partial charge in [-0.1, -0.05) is 48.7 Å². The van der Waals surface area contributed by atoms with Crippen LogP contribution in [-0.4, -0.2) is 18.5 Å². The number of rotatable bonds is 7. The molecule has 0 saturated heterocycles. The predicted octanol–water partition coefficient (Wildman–Crippen LogP) is 5.56. The highest BCUT2D eigenvalue weighted by molar-refractivity contribution is 6.44. The number of benzene rings is 1. The maximum atomic E-state index is 12.3. The van der Waals surface area contributed by atoms with Crippen molar-refractivity contribution in [1.29, 1.82) is 0 Å². The topological polar surface area (TPSA) is 52.6 Å². The van der Waals surface area contributed by atoms with Gasteiger partial charge in [-0.05, 0) is 38.7 Å². The van der Waals surface area contributed by atoms with Crippen molar-refractivity contribution in [2.45, 2.75) is 40.5 Å². The first kappa shape index (κ1) is 21.1. The highest BCUT2D eigenvalue weighted by Crippen LogP contribution is 2.36. The summed E-state index contributed by atoms with van der Waals surface area (Å²) in [5, 5.41) is 0.470. The smallest absolute Gasteiger partial charge is 0.328 e. The molecule has 134 valence electrons. The molecule has 0 aliphatic rings. The van der Waals surface area contributed by atoms with Crippen molar-refractivity contribution in [3.05, 3.63) is 27.2 Å². The Hall–Kier alpha value is -0.970. The number of halogens is 3. The zero-order valence-corrected chi connectivity index (χ0v) is 16.4. The van der Waals surface area contributed by atoms with Gasteiger partial charge in [0.05, 0.1) is 11.6 Å². The van der Waals surface area contributed by atoms with E-state index in [1.165, 1.54) is 26.0 Å². The number of esters is 2. The summed E-state index contributed by atoms with van der Waals surface area (Å²) >= 11 is 17.7. The van der Waals surface area contributed by atoms with E-state index in [0.717, 1.165) is 12.8 Å². The minimum absolute atomic E-state index is 0.000139. The molecule has 7 heteroatoms. The SMILES string of the molecule is CC(C)CCCOC(=O)C(C)(C)C(=O)Oc1cc(Cl)cc(Cl)c1Cl. The molecule has 4 nitrogen and oxygen atoms in total. The lowest BCUT2D eigenvalue weighted by Crippen LogP contribution is -2.38. The molecule has 0 radical (unpaired) electrons. The second-order valence-corrected chi connectivity index (χ2v) is 7.61. The molecule has 0 fully saturated rings. The molecule has 0 heterocycles. The molecule has 0 spiro atoms. The standard InChI is InChI=1S/C17H21Cl3O4/c1-10(2)6-5-7-23-15(21)17(3,4)16(22)24-13-9-11(18)8-12(19)14(13)20/h8-10H,5-7H2,1-4H3. The number of hydrogen-bond donors (Lipinski definition) is 0. The Balaban J connectivity index is 2.73. The van der Waals surface area contributed by atoms with Gasteiger partial charge >= 0.3 is 11.9 Å². The Bertz CT molecular complexity index is 612. The summed E-state index contributed by atoms with van der Waals surface area (Å²) in [6, 6.07) is 2.79. The molecule has 0 amide bonds. The quantitative estimate of drug-likeness (QED) is 0.199. The van der Waals surface area contributed by atoms with E-state index in [1.807, 2.05) is 0 Å². The lowest BCUT2D eigenvalue weighted by molar-refractivity contribution is -0.164. The Morgan fingerprint density at radius 3 is 2.33 bits per heavy atom. The second-order valence-electron chi connectivity index (χ2n) is 6.39. The van der Waals surface area contributed by atoms with Gasteiger partial charge in [-0.2, -0.15) is 0 Å². The van der Waals surface area contributed by atoms with Crippen molar-refractivity contribution >= 4 is 46.7 Å². The van der Waals surface area contributed by atoms with Crippen molar-refractivity contribution < 1.29 is 19.1 Å². The van der Waals surface area contributed by atoms with E-state index >= 15 is 0 Å². The zero-order valence-electron chi connectivity index (χ0n) is 14.1. The van der Waals surface area contributed by atoms with Gasteiger partial charge in [-0.3, -0.25) is 9.59 Å². The summed E-state index contributed by atoms with van der Waals surface area (Å²) in [6.07, 6.45) is 1.68. The van der Waals surface area contributed by atoms with E-state index in [2.05, 4.69) is 13.8 Å². The van der Waals surface area contributed by atoms with Gasteiger partial charge in [-0.25, -0.2) is 0 Å². The first-order valence-corrected chi connectivity index (χ1v) is 8.73. The largest absolute Gasteiger partial charge is 0.465 e. The zero-order chi connectivity index (χ0) is 18.5. The van der Waals surface area contributed by atoms with Crippen LogP contribution in [-0.2, 0) is 14.3 Å². The van der Waals surface area contributed by atoms with Crippen molar-refractivity contribution in [3.63, 3.8) is 0 Å². The first-order chi connectivity index (χ1) is 11.1. The summed E-state index contributed by atoms with van der Waals surface area (Å²) in [7, 11) is 0. The van der Waals surface area contributed by atoms with Gasteiger partial charge in [0.2, 0.25) is 0 Å². The van der Waals surface area contributed by atoms with Crippen LogP contribution in [0, 0.1) is 11.3 Å². The fourth-order valence-corrected chi connectivity index (χ4v) is 2.38. The van der Waals surface area contributed by atoms with Gasteiger partial charge in [0.15, 0.2) is 11.2 Å². The summed E-state index contributed by atoms with van der Waals surface area (Å²) in [5.74, 6) is -0.923. The maximum absolute atomic E-state index is 12.3. The molecule has 0 N–H and O–H groups in total. The van der Waals surface area contributed by atoms with Crippen LogP contribution in [0.25, 0.3) is 0 Å². The molecule has 1 aromatic carbocycles. The van der Waals surface area contributed by atoms with Crippen LogP contribution < -0.4 is 4.74 Å². The summed E-state index contributed by atoms with van der Waals surface area (Å²) < 4.78 is 10.4. The third-order valence-corrected chi connectivity index (χ3v) is 4.34. The Labute approximate surface area is 157 Å². The molecule has 0 bridgehead atoms. The lowest BCUT2D eigenvalue weighted by Gasteiger charge is -2.21. The predicted molar refractivity (Wildman–Crippen MR) is 95.9 cm³/mol. The van der Waals surface area contributed by atoms with E-state index in [-0.39, 0.29) is 27.4 Å². The molecule has 0 saturated carbocycles. The van der Waals surface area contributed by atoms with Crippen LogP contribution in [0.15, 0.2) is 12.1 Å². The number of carbonyl (C=O) groups is 2. The average Bonchev–Trinajstić information content (AvgIpc) is 2.47. The number of hydrogen-bond acceptors (Lipinski definition) is 4. The van der Waals surface area contributed by atoms with Gasteiger partial charge < -0.3 is 9.47 Å². The van der Waals surface area contributed by atoms with Gasteiger partial charge in [-0.15, -0.1) is 0 Å². The van der Waals surface area contributed by atoms with Crippen LogP contribution in [0.4, 0.5) is 0 Å². The Morgan fingerprint density at radius 2 is 1.75 bits per heavy atom. The fourth-order valence-electron chi connectivity index (χ4n) is 1.75. The highest BCUT2D eigenvalue weighted by Gasteiger charge is 2.40. The molecule has 0 aromatic heterocycles. The maximum Gasteiger partial charge on any atom is 0.328 e. The first-order valence-electron chi connectivity index (χ1n) is 7.59. The van der Waals surface area contributed by atoms with Crippen molar-refractivity contribution in [1.82, 2.24) is 0 Å². The Kier molecular flexibility index (Phi) is 7.84. The molecular weight excluding hydrogens is 375 g/mol. The lowest BCUT2D eigenvalue weighted by atomic mass is 9.94. The van der Waals surface area contributed by atoms with Gasteiger partial charge in [0.25, 0.3) is 0 Å². The summed E-state index contributed by atoms with van der Waals surface area (Å²) in [5.41, 5.74) is -1.48. The fraction of sp³-hybridized carbons (Fsp3) is 0.529. The van der Waals surface area contributed by atoms with E-state index in [9.17, 15) is 9.59 Å². The monoisotopic (exact) mass is 394 g/mol. The van der Waals surface area contributed by atoms with Crippen LogP contribution in [0.2, 0.25) is 15.1 Å². The summed E-state index contributed by atoms with van der Waals surface area (Å²) in [6.45, 7) is 7.30. The average molecular weight is 396 g/mol. The molecule has 0 atom stereocenters. The van der Waals surface area contributed by atoms with Gasteiger partial charge in [0.1, 0.15) is 5.02 Å². The van der Waals surface area contributed by atoms with Crippen LogP contribution >= 0.6 is 34.8 Å². The second kappa shape index (κ2) is 8.93. The minimum atomic E-state index is -1.48. The molecule has 1 aromatic rings. The van der Waals surface area contributed by atoms with E-state index in [4.69, 9.17) is 44.3 Å². The van der Waals surface area contributed by atoms with Gasteiger partial charge in [0, 0.05) is 11.1 Å². The Morgan fingerprint density at radius 1 is 1.12 bits per heavy atom. The number of ether oxygens (including phenoxy) is 2. The third-order valence-electron chi connectivity index (χ3n) is 3.34. The van der Waals surface area contributed by atoms with Crippen molar-refractivity contribution in [2.24, 2.45) is 11.3 Å². The third kappa shape index (κ3) is 5.83. The normalized spacial score (nSPS) is 11.5. The molecular formula is C17H21Cl3O4. The van der Waals surface area contributed by atoms with Crippen LogP contribution in [0.5, 0.6) is 5.75 Å². The van der Waals surface area contributed by atoms with E-state index < -0.39 is 17.4 Å². The highest BCUT2D eigenvalue weighted by atomic mass is 35.5. The minimum Gasteiger partial charge on any atom is -0.465 e. The van der Waals surface area contributed by atoms with Crippen molar-refractivity contribution in [3.8, 4) is 5.75 Å². The molecule has 0 unspecified atom stereocenters. The molecule has 0 aliphatic heterocycles. The van der Waals surface area contributed by atoms with E-state index in [1.54, 1.807) is 0 Å². The number of carbonyl (C=O) groups excluding carboxylic acids is 2. The molecule has 1 rings (SSSR count).